The molecule has 0 atom stereocenters. The zero-order valence-corrected chi connectivity index (χ0v) is 26.2. The van der Waals surface area contributed by atoms with E-state index < -0.39 is 0 Å². The van der Waals surface area contributed by atoms with Crippen LogP contribution >= 0.6 is 0 Å². The van der Waals surface area contributed by atoms with Crippen LogP contribution in [-0.2, 0) is 0 Å². The predicted octanol–water partition coefficient (Wildman–Crippen LogP) is 10.6. The molecular formula is C38H52N2O2. The SMILES string of the molecule is CCCCCCCCCCCCOc1ccc(C#Cc2ncc(-c3ccc(OCCCCCCCC)cc3)cn2)cc1. The summed E-state index contributed by atoms with van der Waals surface area (Å²) in [4.78, 5) is 8.91. The highest BCUT2D eigenvalue weighted by molar-refractivity contribution is 5.62. The molecule has 0 radical (unpaired) electrons. The first kappa shape index (κ1) is 33.2. The Hall–Kier alpha value is -3.32. The average Bonchev–Trinajstić information content (AvgIpc) is 3.03. The van der Waals surface area contributed by atoms with Crippen LogP contribution in [0.1, 0.15) is 128 Å². The van der Waals surface area contributed by atoms with Gasteiger partial charge in [-0.05, 0) is 60.7 Å². The van der Waals surface area contributed by atoms with Crippen LogP contribution in [0.5, 0.6) is 11.5 Å². The summed E-state index contributed by atoms with van der Waals surface area (Å²) in [5.41, 5.74) is 2.95. The van der Waals surface area contributed by atoms with Crippen molar-refractivity contribution in [3.05, 3.63) is 72.3 Å². The first-order chi connectivity index (χ1) is 20.8. The first-order valence-electron chi connectivity index (χ1n) is 16.6. The minimum atomic E-state index is 0.513. The summed E-state index contributed by atoms with van der Waals surface area (Å²) >= 11 is 0. The summed E-state index contributed by atoms with van der Waals surface area (Å²) in [6, 6.07) is 16.1. The number of hydrogen-bond donors (Lipinski definition) is 0. The van der Waals surface area contributed by atoms with E-state index in [4.69, 9.17) is 9.47 Å². The van der Waals surface area contributed by atoms with Crippen molar-refractivity contribution in [2.24, 2.45) is 0 Å². The van der Waals surface area contributed by atoms with E-state index in [0.717, 1.165) is 54.2 Å². The highest BCUT2D eigenvalue weighted by Gasteiger charge is 2.02. The number of aromatic nitrogens is 2. The van der Waals surface area contributed by atoms with Gasteiger partial charge in [0.1, 0.15) is 11.5 Å². The number of benzene rings is 2. The normalized spacial score (nSPS) is 10.7. The van der Waals surface area contributed by atoms with E-state index in [2.05, 4.69) is 47.8 Å². The van der Waals surface area contributed by atoms with Crippen molar-refractivity contribution in [2.75, 3.05) is 13.2 Å². The van der Waals surface area contributed by atoms with Crippen LogP contribution in [0.4, 0.5) is 0 Å². The predicted molar refractivity (Wildman–Crippen MR) is 176 cm³/mol. The third kappa shape index (κ3) is 14.0. The fraction of sp³-hybridized carbons (Fsp3) is 0.526. The highest BCUT2D eigenvalue weighted by Crippen LogP contribution is 2.22. The van der Waals surface area contributed by atoms with Crippen molar-refractivity contribution in [2.45, 2.75) is 117 Å². The fourth-order valence-corrected chi connectivity index (χ4v) is 4.90. The summed E-state index contributed by atoms with van der Waals surface area (Å²) in [5.74, 6) is 8.55. The number of ether oxygens (including phenoxy) is 2. The molecule has 4 nitrogen and oxygen atoms in total. The van der Waals surface area contributed by atoms with Gasteiger partial charge >= 0.3 is 0 Å². The van der Waals surface area contributed by atoms with Crippen molar-refractivity contribution >= 4 is 0 Å². The fourth-order valence-electron chi connectivity index (χ4n) is 4.90. The second kappa shape index (κ2) is 21.4. The maximum Gasteiger partial charge on any atom is 0.205 e. The monoisotopic (exact) mass is 568 g/mol. The van der Waals surface area contributed by atoms with E-state index in [-0.39, 0.29) is 0 Å². The van der Waals surface area contributed by atoms with Crippen LogP contribution in [0.25, 0.3) is 11.1 Å². The smallest absolute Gasteiger partial charge is 0.205 e. The Bertz CT molecular complexity index is 1140. The van der Waals surface area contributed by atoms with Gasteiger partial charge in [0.15, 0.2) is 0 Å². The average molecular weight is 569 g/mol. The van der Waals surface area contributed by atoms with E-state index in [1.54, 1.807) is 0 Å². The van der Waals surface area contributed by atoms with Gasteiger partial charge in [-0.1, -0.05) is 122 Å². The van der Waals surface area contributed by atoms with Crippen molar-refractivity contribution < 1.29 is 9.47 Å². The molecular weight excluding hydrogens is 516 g/mol. The lowest BCUT2D eigenvalue weighted by atomic mass is 10.1. The van der Waals surface area contributed by atoms with Gasteiger partial charge in [0.2, 0.25) is 5.82 Å². The molecule has 0 bridgehead atoms. The van der Waals surface area contributed by atoms with E-state index in [1.165, 1.54) is 89.9 Å². The minimum Gasteiger partial charge on any atom is -0.494 e. The third-order valence-electron chi connectivity index (χ3n) is 7.55. The third-order valence-corrected chi connectivity index (χ3v) is 7.55. The van der Waals surface area contributed by atoms with Gasteiger partial charge in [0.25, 0.3) is 0 Å². The molecule has 3 aromatic rings. The van der Waals surface area contributed by atoms with Crippen molar-refractivity contribution in [1.82, 2.24) is 9.97 Å². The summed E-state index contributed by atoms with van der Waals surface area (Å²) < 4.78 is 11.8. The molecule has 1 aromatic heterocycles. The van der Waals surface area contributed by atoms with Gasteiger partial charge < -0.3 is 9.47 Å². The van der Waals surface area contributed by atoms with Gasteiger partial charge in [-0.15, -0.1) is 0 Å². The molecule has 2 aromatic carbocycles. The van der Waals surface area contributed by atoms with Crippen LogP contribution in [0.3, 0.4) is 0 Å². The number of unbranched alkanes of at least 4 members (excludes halogenated alkanes) is 14. The van der Waals surface area contributed by atoms with E-state index in [0.29, 0.717) is 5.82 Å². The Morgan fingerprint density at radius 2 is 0.905 bits per heavy atom. The molecule has 3 rings (SSSR count). The molecule has 0 aliphatic heterocycles. The van der Waals surface area contributed by atoms with E-state index >= 15 is 0 Å². The van der Waals surface area contributed by atoms with Crippen LogP contribution in [0.15, 0.2) is 60.9 Å². The topological polar surface area (TPSA) is 44.2 Å². The quantitative estimate of drug-likeness (QED) is 0.0947. The Kier molecular flexibility index (Phi) is 16.9. The van der Waals surface area contributed by atoms with Crippen molar-refractivity contribution in [3.63, 3.8) is 0 Å². The van der Waals surface area contributed by atoms with Crippen LogP contribution < -0.4 is 9.47 Å². The molecule has 0 aliphatic carbocycles. The van der Waals surface area contributed by atoms with Gasteiger partial charge in [-0.25, -0.2) is 9.97 Å². The molecule has 0 unspecified atom stereocenters. The molecule has 0 N–H and O–H groups in total. The van der Waals surface area contributed by atoms with Crippen LogP contribution in [0.2, 0.25) is 0 Å². The van der Waals surface area contributed by atoms with E-state index in [9.17, 15) is 0 Å². The molecule has 0 aliphatic rings. The molecule has 226 valence electrons. The summed E-state index contributed by atoms with van der Waals surface area (Å²) in [6.07, 6.45) is 24.6. The second-order valence-electron chi connectivity index (χ2n) is 11.2. The molecule has 0 spiro atoms. The van der Waals surface area contributed by atoms with Gasteiger partial charge in [0.05, 0.1) is 13.2 Å². The Labute approximate surface area is 255 Å². The zero-order valence-electron chi connectivity index (χ0n) is 26.2. The van der Waals surface area contributed by atoms with Crippen molar-refractivity contribution in [3.8, 4) is 34.5 Å². The first-order valence-corrected chi connectivity index (χ1v) is 16.6. The molecule has 0 fully saturated rings. The Morgan fingerprint density at radius 1 is 0.476 bits per heavy atom. The molecule has 0 saturated heterocycles. The lowest BCUT2D eigenvalue weighted by Gasteiger charge is -2.07. The zero-order chi connectivity index (χ0) is 29.5. The standard InChI is InChI=1S/C38H52N2O2/c1-3-5-7-9-11-12-13-14-16-18-29-41-36-24-19-33(20-25-36)21-28-38-39-31-35(32-40-38)34-22-26-37(27-23-34)42-30-17-15-10-8-6-4-2/h19-20,22-27,31-32H,3-18,29-30H2,1-2H3. The molecule has 0 saturated carbocycles. The van der Waals surface area contributed by atoms with Gasteiger partial charge in [-0.2, -0.15) is 0 Å². The van der Waals surface area contributed by atoms with Crippen LogP contribution in [-0.4, -0.2) is 23.2 Å². The summed E-state index contributed by atoms with van der Waals surface area (Å²) in [5, 5.41) is 0. The largest absolute Gasteiger partial charge is 0.494 e. The molecule has 1 heterocycles. The number of nitrogens with zero attached hydrogens (tertiary/aromatic N) is 2. The maximum absolute atomic E-state index is 5.92. The Balaban J connectivity index is 1.32. The van der Waals surface area contributed by atoms with Gasteiger partial charge in [0, 0.05) is 23.5 Å². The van der Waals surface area contributed by atoms with Gasteiger partial charge in [-0.3, -0.25) is 0 Å². The lowest BCUT2D eigenvalue weighted by molar-refractivity contribution is 0.304. The lowest BCUT2D eigenvalue weighted by Crippen LogP contribution is -1.97. The van der Waals surface area contributed by atoms with Crippen molar-refractivity contribution in [1.29, 1.82) is 0 Å². The highest BCUT2D eigenvalue weighted by atomic mass is 16.5. The summed E-state index contributed by atoms with van der Waals surface area (Å²) in [7, 11) is 0. The number of rotatable bonds is 21. The number of hydrogen-bond acceptors (Lipinski definition) is 4. The van der Waals surface area contributed by atoms with Crippen LogP contribution in [0, 0.1) is 11.8 Å². The minimum absolute atomic E-state index is 0.513. The van der Waals surface area contributed by atoms with E-state index in [1.807, 2.05) is 48.8 Å². The molecule has 42 heavy (non-hydrogen) atoms. The molecule has 4 heteroatoms. The summed E-state index contributed by atoms with van der Waals surface area (Å²) in [6.45, 7) is 6.07. The maximum atomic E-state index is 5.92. The Morgan fingerprint density at radius 3 is 1.38 bits per heavy atom. The molecule has 0 amide bonds. The second-order valence-corrected chi connectivity index (χ2v) is 11.2.